The van der Waals surface area contributed by atoms with Crippen molar-refractivity contribution >= 4 is 18.4 Å². The standard InChI is InChI=1S/C5H9N3O2.ClH/c1-5(7-8-5)2-3(6)4(9)10;/h3H,2,6H2,1H3,(H,9,10);1H. The summed E-state index contributed by atoms with van der Waals surface area (Å²) in [5.41, 5.74) is 4.72. The van der Waals surface area contributed by atoms with E-state index in [0.29, 0.717) is 6.42 Å². The van der Waals surface area contributed by atoms with Gasteiger partial charge in [-0.2, -0.15) is 10.2 Å². The van der Waals surface area contributed by atoms with Gasteiger partial charge in [-0.1, -0.05) is 0 Å². The molecule has 3 N–H and O–H groups in total. The molecule has 0 radical (unpaired) electrons. The normalized spacial score (nSPS) is 20.2. The third kappa shape index (κ3) is 2.81. The van der Waals surface area contributed by atoms with Crippen molar-refractivity contribution < 1.29 is 9.90 Å². The van der Waals surface area contributed by atoms with Crippen LogP contribution in [0.2, 0.25) is 0 Å². The molecular weight excluding hydrogens is 170 g/mol. The van der Waals surface area contributed by atoms with Gasteiger partial charge in [0.1, 0.15) is 6.04 Å². The number of halogens is 1. The van der Waals surface area contributed by atoms with Crippen molar-refractivity contribution in [1.82, 2.24) is 0 Å². The summed E-state index contributed by atoms with van der Waals surface area (Å²) < 4.78 is 0. The summed E-state index contributed by atoms with van der Waals surface area (Å²) in [5, 5.41) is 15.6. The van der Waals surface area contributed by atoms with E-state index in [1.807, 2.05) is 0 Å². The Hall–Kier alpha value is -0.680. The Labute approximate surface area is 70.1 Å². The number of carboxylic acid groups (broad SMARTS) is 1. The van der Waals surface area contributed by atoms with Crippen molar-refractivity contribution in [2.75, 3.05) is 0 Å². The van der Waals surface area contributed by atoms with Crippen molar-refractivity contribution in [3.8, 4) is 0 Å². The Morgan fingerprint density at radius 2 is 2.18 bits per heavy atom. The molecule has 1 aliphatic heterocycles. The van der Waals surface area contributed by atoms with Crippen molar-refractivity contribution in [3.05, 3.63) is 0 Å². The van der Waals surface area contributed by atoms with Gasteiger partial charge < -0.3 is 10.8 Å². The third-order valence-corrected chi connectivity index (χ3v) is 1.37. The predicted molar refractivity (Wildman–Crippen MR) is 40.7 cm³/mol. The topological polar surface area (TPSA) is 88.0 Å². The van der Waals surface area contributed by atoms with Crippen molar-refractivity contribution in [2.24, 2.45) is 16.0 Å². The second-order valence-electron chi connectivity index (χ2n) is 2.57. The SMILES string of the molecule is CC1(CC(N)C(=O)O)N=N1.Cl. The van der Waals surface area contributed by atoms with E-state index in [9.17, 15) is 4.79 Å². The quantitative estimate of drug-likeness (QED) is 0.657. The van der Waals surface area contributed by atoms with Gasteiger partial charge in [-0.3, -0.25) is 4.79 Å². The van der Waals surface area contributed by atoms with Crippen molar-refractivity contribution in [2.45, 2.75) is 25.0 Å². The molecule has 0 bridgehead atoms. The number of nitrogens with two attached hydrogens (primary N) is 1. The number of hydrogen-bond acceptors (Lipinski definition) is 4. The number of rotatable bonds is 3. The van der Waals surface area contributed by atoms with E-state index in [1.165, 1.54) is 0 Å². The summed E-state index contributed by atoms with van der Waals surface area (Å²) in [5.74, 6) is -1.00. The van der Waals surface area contributed by atoms with Crippen molar-refractivity contribution in [3.63, 3.8) is 0 Å². The van der Waals surface area contributed by atoms with Gasteiger partial charge in [-0.05, 0) is 6.92 Å². The zero-order chi connectivity index (χ0) is 7.78. The molecule has 0 aromatic rings. The molecule has 1 unspecified atom stereocenters. The van der Waals surface area contributed by atoms with Crippen molar-refractivity contribution in [1.29, 1.82) is 0 Å². The van der Waals surface area contributed by atoms with Crippen LogP contribution in [0, 0.1) is 0 Å². The molecule has 0 spiro atoms. The molecule has 0 fully saturated rings. The van der Waals surface area contributed by atoms with E-state index in [0.717, 1.165) is 0 Å². The van der Waals surface area contributed by atoms with E-state index in [-0.39, 0.29) is 12.4 Å². The molecule has 0 saturated heterocycles. The van der Waals surface area contributed by atoms with Crippen LogP contribution < -0.4 is 5.73 Å². The lowest BCUT2D eigenvalue weighted by Gasteiger charge is -2.06. The Bertz CT molecular complexity index is 188. The van der Waals surface area contributed by atoms with Gasteiger partial charge in [0.25, 0.3) is 0 Å². The van der Waals surface area contributed by atoms with Gasteiger partial charge in [0.15, 0.2) is 5.66 Å². The van der Waals surface area contributed by atoms with Gasteiger partial charge in [-0.15, -0.1) is 12.4 Å². The molecule has 5 nitrogen and oxygen atoms in total. The molecule has 1 rings (SSSR count). The highest BCUT2D eigenvalue weighted by Gasteiger charge is 2.37. The maximum atomic E-state index is 10.2. The van der Waals surface area contributed by atoms with E-state index < -0.39 is 17.7 Å². The molecule has 1 heterocycles. The number of aliphatic carboxylic acids is 1. The monoisotopic (exact) mass is 179 g/mol. The lowest BCUT2D eigenvalue weighted by molar-refractivity contribution is -0.138. The first kappa shape index (κ1) is 10.3. The lowest BCUT2D eigenvalue weighted by Crippen LogP contribution is -2.34. The minimum absolute atomic E-state index is 0. The van der Waals surface area contributed by atoms with Crippen LogP contribution in [0.4, 0.5) is 0 Å². The van der Waals surface area contributed by atoms with Crippen LogP contribution in [0.3, 0.4) is 0 Å². The van der Waals surface area contributed by atoms with E-state index in [1.54, 1.807) is 6.92 Å². The van der Waals surface area contributed by atoms with Crippen LogP contribution >= 0.6 is 12.4 Å². The fourth-order valence-corrected chi connectivity index (χ4v) is 0.671. The lowest BCUT2D eigenvalue weighted by atomic mass is 10.1. The number of hydrogen-bond donors (Lipinski definition) is 2. The van der Waals surface area contributed by atoms with Crippen LogP contribution in [0.1, 0.15) is 13.3 Å². The highest BCUT2D eigenvalue weighted by molar-refractivity contribution is 5.85. The first-order valence-electron chi connectivity index (χ1n) is 2.96. The zero-order valence-corrected chi connectivity index (χ0v) is 6.84. The van der Waals surface area contributed by atoms with Crippen LogP contribution in [-0.4, -0.2) is 22.8 Å². The second-order valence-corrected chi connectivity index (χ2v) is 2.57. The molecule has 0 aromatic carbocycles. The van der Waals surface area contributed by atoms with Crippen LogP contribution in [0.5, 0.6) is 0 Å². The van der Waals surface area contributed by atoms with Crippen LogP contribution in [-0.2, 0) is 4.79 Å². The van der Waals surface area contributed by atoms with Crippen LogP contribution in [0.25, 0.3) is 0 Å². The van der Waals surface area contributed by atoms with Crippen LogP contribution in [0.15, 0.2) is 10.2 Å². The summed E-state index contributed by atoms with van der Waals surface area (Å²) in [7, 11) is 0. The van der Waals surface area contributed by atoms with E-state index in [4.69, 9.17) is 10.8 Å². The summed E-state index contributed by atoms with van der Waals surface area (Å²) >= 11 is 0. The Morgan fingerprint density at radius 1 is 1.73 bits per heavy atom. The van der Waals surface area contributed by atoms with Gasteiger partial charge in [-0.25, -0.2) is 0 Å². The summed E-state index contributed by atoms with van der Waals surface area (Å²) in [6.07, 6.45) is 0.294. The minimum atomic E-state index is -1.00. The molecule has 64 valence electrons. The average molecular weight is 180 g/mol. The van der Waals surface area contributed by atoms with E-state index in [2.05, 4.69) is 10.2 Å². The highest BCUT2D eigenvalue weighted by atomic mass is 35.5. The fourth-order valence-electron chi connectivity index (χ4n) is 0.671. The van der Waals surface area contributed by atoms with Gasteiger partial charge in [0.05, 0.1) is 0 Å². The van der Waals surface area contributed by atoms with E-state index >= 15 is 0 Å². The molecular formula is C5H10ClN3O2. The molecule has 0 aromatic heterocycles. The first-order valence-corrected chi connectivity index (χ1v) is 2.96. The third-order valence-electron chi connectivity index (χ3n) is 1.37. The predicted octanol–water partition coefficient (Wildman–Crippen LogP) is 0.392. The average Bonchev–Trinajstić information content (AvgIpc) is 2.47. The minimum Gasteiger partial charge on any atom is -0.480 e. The highest BCUT2D eigenvalue weighted by Crippen LogP contribution is 2.31. The molecule has 11 heavy (non-hydrogen) atoms. The number of carbonyl (C=O) groups is 1. The Morgan fingerprint density at radius 3 is 2.45 bits per heavy atom. The summed E-state index contributed by atoms with van der Waals surface area (Å²) in [6.45, 7) is 1.75. The first-order chi connectivity index (χ1) is 4.53. The van der Waals surface area contributed by atoms with Gasteiger partial charge in [0.2, 0.25) is 0 Å². The molecule has 0 aliphatic carbocycles. The summed E-state index contributed by atoms with van der Waals surface area (Å²) in [4.78, 5) is 10.2. The molecule has 0 amide bonds. The fraction of sp³-hybridized carbons (Fsp3) is 0.800. The van der Waals surface area contributed by atoms with Gasteiger partial charge in [0, 0.05) is 6.42 Å². The zero-order valence-electron chi connectivity index (χ0n) is 6.02. The maximum absolute atomic E-state index is 10.2. The summed E-state index contributed by atoms with van der Waals surface area (Å²) in [6, 6.07) is -0.847. The number of nitrogens with zero attached hydrogens (tertiary/aromatic N) is 2. The molecule has 1 aliphatic rings. The molecule has 6 heteroatoms. The Kier molecular flexibility index (Phi) is 2.95. The molecule has 1 atom stereocenters. The molecule has 0 saturated carbocycles. The largest absolute Gasteiger partial charge is 0.480 e. The second kappa shape index (κ2) is 3.15. The number of carboxylic acids is 1. The smallest absolute Gasteiger partial charge is 0.320 e. The van der Waals surface area contributed by atoms with Gasteiger partial charge >= 0.3 is 5.97 Å². The Balaban J connectivity index is 0.000001000. The maximum Gasteiger partial charge on any atom is 0.320 e.